The molecular weight excluding hydrogens is 566 g/mol. The minimum absolute atomic E-state index is 0.0628. The SMILES string of the molecule is CO[C@]1(C)CCCC(NC(=O)c2cnn3c(N(C)C(=O)OC(C)(C)C)cc(Nc4cccn([C@H]5CCCOC5)c4=O)nc23)C1. The maximum atomic E-state index is 13.6. The van der Waals surface area contributed by atoms with Crippen molar-refractivity contribution < 1.29 is 23.8 Å². The van der Waals surface area contributed by atoms with Crippen molar-refractivity contribution in [3.8, 4) is 0 Å². The molecule has 0 radical (unpaired) electrons. The predicted molar refractivity (Wildman–Crippen MR) is 166 cm³/mol. The number of ether oxygens (including phenoxy) is 3. The molecule has 13 nitrogen and oxygen atoms in total. The van der Waals surface area contributed by atoms with E-state index in [1.54, 1.807) is 63.9 Å². The molecule has 238 valence electrons. The van der Waals surface area contributed by atoms with Crippen LogP contribution in [-0.4, -0.2) is 75.8 Å². The van der Waals surface area contributed by atoms with Crippen LogP contribution in [0.25, 0.3) is 5.65 Å². The number of amides is 2. The summed E-state index contributed by atoms with van der Waals surface area (Å²) in [5, 5.41) is 10.7. The molecule has 4 heterocycles. The Bertz CT molecular complexity index is 1570. The molecule has 2 amide bonds. The summed E-state index contributed by atoms with van der Waals surface area (Å²) in [4.78, 5) is 46.2. The molecule has 5 rings (SSSR count). The molecule has 3 atom stereocenters. The van der Waals surface area contributed by atoms with E-state index < -0.39 is 11.7 Å². The number of aromatic nitrogens is 4. The van der Waals surface area contributed by atoms with Gasteiger partial charge in [-0.1, -0.05) is 0 Å². The Morgan fingerprint density at radius 1 is 1.23 bits per heavy atom. The second kappa shape index (κ2) is 12.6. The summed E-state index contributed by atoms with van der Waals surface area (Å²) in [5.74, 6) is 0.226. The smallest absolute Gasteiger partial charge is 0.415 e. The summed E-state index contributed by atoms with van der Waals surface area (Å²) >= 11 is 0. The summed E-state index contributed by atoms with van der Waals surface area (Å²) in [7, 11) is 3.25. The van der Waals surface area contributed by atoms with E-state index >= 15 is 0 Å². The van der Waals surface area contributed by atoms with Crippen LogP contribution in [0.15, 0.2) is 35.4 Å². The molecule has 2 N–H and O–H groups in total. The number of methoxy groups -OCH3 is 1. The lowest BCUT2D eigenvalue weighted by molar-refractivity contribution is -0.0314. The largest absolute Gasteiger partial charge is 0.443 e. The van der Waals surface area contributed by atoms with Gasteiger partial charge in [-0.25, -0.2) is 9.78 Å². The van der Waals surface area contributed by atoms with Crippen molar-refractivity contribution >= 4 is 35.0 Å². The highest BCUT2D eigenvalue weighted by Crippen LogP contribution is 2.31. The fourth-order valence-corrected chi connectivity index (χ4v) is 5.83. The Morgan fingerprint density at radius 3 is 2.73 bits per heavy atom. The molecule has 1 unspecified atom stereocenters. The van der Waals surface area contributed by atoms with Crippen molar-refractivity contribution in [2.75, 3.05) is 37.6 Å². The zero-order valence-corrected chi connectivity index (χ0v) is 26.4. The van der Waals surface area contributed by atoms with Gasteiger partial charge in [-0.3, -0.25) is 14.5 Å². The fourth-order valence-electron chi connectivity index (χ4n) is 5.83. The van der Waals surface area contributed by atoms with Crippen molar-refractivity contribution in [1.29, 1.82) is 0 Å². The number of hydrogen-bond acceptors (Lipinski definition) is 9. The molecule has 44 heavy (non-hydrogen) atoms. The van der Waals surface area contributed by atoms with Crippen LogP contribution in [0.2, 0.25) is 0 Å². The van der Waals surface area contributed by atoms with Gasteiger partial charge in [0.25, 0.3) is 11.5 Å². The van der Waals surface area contributed by atoms with Crippen molar-refractivity contribution in [2.24, 2.45) is 0 Å². The van der Waals surface area contributed by atoms with Crippen molar-refractivity contribution in [1.82, 2.24) is 24.5 Å². The molecule has 3 aromatic heterocycles. The molecule has 0 spiro atoms. The molecule has 2 aliphatic rings. The van der Waals surface area contributed by atoms with E-state index in [4.69, 9.17) is 19.2 Å². The molecule has 1 saturated heterocycles. The van der Waals surface area contributed by atoms with E-state index in [1.807, 2.05) is 0 Å². The second-order valence-electron chi connectivity index (χ2n) is 12.9. The topological polar surface area (TPSA) is 141 Å². The van der Waals surface area contributed by atoms with Gasteiger partial charge in [-0.2, -0.15) is 9.61 Å². The van der Waals surface area contributed by atoms with Gasteiger partial charge < -0.3 is 29.4 Å². The molecular formula is C31H43N7O6. The van der Waals surface area contributed by atoms with Gasteiger partial charge in [0.05, 0.1) is 24.4 Å². The number of anilines is 3. The van der Waals surface area contributed by atoms with Crippen LogP contribution in [0.4, 0.5) is 22.1 Å². The lowest BCUT2D eigenvalue weighted by Gasteiger charge is -2.37. The zero-order valence-electron chi connectivity index (χ0n) is 26.4. The minimum atomic E-state index is -0.734. The molecule has 3 aromatic rings. The van der Waals surface area contributed by atoms with E-state index in [9.17, 15) is 14.4 Å². The third-order valence-electron chi connectivity index (χ3n) is 8.24. The third kappa shape index (κ3) is 6.88. The quantitative estimate of drug-likeness (QED) is 0.398. The number of fused-ring (bicyclic) bond motifs is 1. The highest BCUT2D eigenvalue weighted by molar-refractivity contribution is 6.00. The van der Waals surface area contributed by atoms with Gasteiger partial charge in [0.1, 0.15) is 28.5 Å². The van der Waals surface area contributed by atoms with Gasteiger partial charge in [0.2, 0.25) is 0 Å². The number of carbonyl (C=O) groups is 2. The number of nitrogens with one attached hydrogen (secondary N) is 2. The highest BCUT2D eigenvalue weighted by Gasteiger charge is 2.33. The molecule has 1 aliphatic carbocycles. The first-order valence-corrected chi connectivity index (χ1v) is 15.1. The Balaban J connectivity index is 1.51. The van der Waals surface area contributed by atoms with Gasteiger partial charge in [0, 0.05) is 39.1 Å². The van der Waals surface area contributed by atoms with Crippen LogP contribution < -0.4 is 21.1 Å². The number of hydrogen-bond donors (Lipinski definition) is 2. The Hall–Kier alpha value is -3.97. The van der Waals surface area contributed by atoms with E-state index in [1.165, 1.54) is 15.6 Å². The van der Waals surface area contributed by atoms with E-state index in [-0.39, 0.29) is 46.2 Å². The molecule has 0 bridgehead atoms. The first-order chi connectivity index (χ1) is 20.9. The highest BCUT2D eigenvalue weighted by atomic mass is 16.6. The molecule has 13 heteroatoms. The normalized spacial score (nSPS) is 22.4. The number of nitrogens with zero attached hydrogens (tertiary/aromatic N) is 5. The first-order valence-electron chi connectivity index (χ1n) is 15.1. The standard InChI is InChI=1S/C31H43N7O6/c1-30(2,3)44-29(41)36(5)25-16-24(34-23-12-8-14-37(28(23)40)21-11-9-15-43-19-21)35-26-22(18-32-38(25)26)27(39)33-20-10-7-13-31(4,17-20)42-6/h8,12,14,16,18,20-21H,7,9-11,13,15,17,19H2,1-6H3,(H,33,39)(H,34,35)/t20?,21-,31+/m0/s1. The maximum absolute atomic E-state index is 13.6. The van der Waals surface area contributed by atoms with Crippen molar-refractivity contribution in [3.05, 3.63) is 46.5 Å². The Kier molecular flexibility index (Phi) is 8.98. The molecule has 1 aliphatic heterocycles. The van der Waals surface area contributed by atoms with Gasteiger partial charge in [0.15, 0.2) is 5.65 Å². The molecule has 1 saturated carbocycles. The summed E-state index contributed by atoms with van der Waals surface area (Å²) in [6.07, 6.45) is 7.69. The van der Waals surface area contributed by atoms with Gasteiger partial charge in [-0.15, -0.1) is 0 Å². The van der Waals surface area contributed by atoms with Gasteiger partial charge in [-0.05, 0) is 78.4 Å². The lowest BCUT2D eigenvalue weighted by atomic mass is 9.83. The summed E-state index contributed by atoms with van der Waals surface area (Å²) in [6.45, 7) is 8.55. The van der Waals surface area contributed by atoms with Crippen molar-refractivity contribution in [3.63, 3.8) is 0 Å². The maximum Gasteiger partial charge on any atom is 0.415 e. The summed E-state index contributed by atoms with van der Waals surface area (Å²) in [6, 6.07) is 4.92. The van der Waals surface area contributed by atoms with Crippen LogP contribution in [0, 0.1) is 0 Å². The predicted octanol–water partition coefficient (Wildman–Crippen LogP) is 4.43. The molecule has 0 aromatic carbocycles. The van der Waals surface area contributed by atoms with E-state index in [0.29, 0.717) is 31.1 Å². The average Bonchev–Trinajstić information content (AvgIpc) is 3.41. The lowest BCUT2D eigenvalue weighted by Crippen LogP contribution is -2.45. The van der Waals surface area contributed by atoms with Gasteiger partial charge >= 0.3 is 6.09 Å². The zero-order chi connectivity index (χ0) is 31.6. The average molecular weight is 610 g/mol. The Labute approximate surface area is 256 Å². The second-order valence-corrected chi connectivity index (χ2v) is 12.9. The summed E-state index contributed by atoms with van der Waals surface area (Å²) in [5.41, 5.74) is -0.504. The summed E-state index contributed by atoms with van der Waals surface area (Å²) < 4.78 is 20.0. The monoisotopic (exact) mass is 609 g/mol. The minimum Gasteiger partial charge on any atom is -0.443 e. The number of carbonyl (C=O) groups excluding carboxylic acids is 2. The number of rotatable bonds is 7. The van der Waals surface area contributed by atoms with Crippen LogP contribution in [0.3, 0.4) is 0 Å². The van der Waals surface area contributed by atoms with Crippen LogP contribution in [-0.2, 0) is 14.2 Å². The van der Waals surface area contributed by atoms with Crippen LogP contribution >= 0.6 is 0 Å². The van der Waals surface area contributed by atoms with Crippen LogP contribution in [0.5, 0.6) is 0 Å². The van der Waals surface area contributed by atoms with Crippen molar-refractivity contribution in [2.45, 2.75) is 89.5 Å². The third-order valence-corrected chi connectivity index (χ3v) is 8.24. The first kappa shape index (κ1) is 31.5. The van der Waals surface area contributed by atoms with E-state index in [0.717, 1.165) is 32.1 Å². The fraction of sp³-hybridized carbons (Fsp3) is 0.581. The number of pyridine rings is 1. The molecule has 2 fully saturated rings. The van der Waals surface area contributed by atoms with E-state index in [2.05, 4.69) is 22.7 Å². The Morgan fingerprint density at radius 2 is 2.02 bits per heavy atom. The van der Waals surface area contributed by atoms with Crippen LogP contribution in [0.1, 0.15) is 82.6 Å².